The van der Waals surface area contributed by atoms with E-state index in [0.29, 0.717) is 6.10 Å². The zero-order valence-corrected chi connectivity index (χ0v) is 9.02. The lowest BCUT2D eigenvalue weighted by Crippen LogP contribution is -2.23. The molecule has 2 atom stereocenters. The van der Waals surface area contributed by atoms with Crippen LogP contribution in [0.3, 0.4) is 0 Å². The Labute approximate surface area is 84.4 Å². The third kappa shape index (κ3) is 2.61. The summed E-state index contributed by atoms with van der Waals surface area (Å²) in [6.45, 7) is 5.07. The minimum absolute atomic E-state index is 0.466. The Morgan fingerprint density at radius 2 is 1.85 bits per heavy atom. The molecule has 76 valence electrons. The molecule has 0 bridgehead atoms. The Hall–Kier alpha value is 0.270. The van der Waals surface area contributed by atoms with Crippen LogP contribution in [0.2, 0.25) is 0 Å². The lowest BCUT2D eigenvalue weighted by molar-refractivity contribution is 0.0995. The molecule has 0 aromatic rings. The summed E-state index contributed by atoms with van der Waals surface area (Å²) < 4.78 is 10.9. The van der Waals surface area contributed by atoms with Crippen molar-refractivity contribution in [3.05, 3.63) is 0 Å². The lowest BCUT2D eigenvalue weighted by Gasteiger charge is -2.25. The van der Waals surface area contributed by atoms with Crippen LogP contribution in [-0.4, -0.2) is 36.4 Å². The fraction of sp³-hybridized carbons (Fsp3) is 1.00. The zero-order valence-electron chi connectivity index (χ0n) is 8.20. The minimum atomic E-state index is 0.466. The van der Waals surface area contributed by atoms with Crippen molar-refractivity contribution in [2.45, 2.75) is 42.8 Å². The highest BCUT2D eigenvalue weighted by molar-refractivity contribution is 8.00. The molecular weight excluding hydrogens is 184 g/mol. The lowest BCUT2D eigenvalue weighted by atomic mass is 10.2. The van der Waals surface area contributed by atoms with Crippen molar-refractivity contribution in [1.82, 2.24) is 0 Å². The highest BCUT2D eigenvalue weighted by Gasteiger charge is 2.28. The van der Waals surface area contributed by atoms with E-state index in [9.17, 15) is 0 Å². The molecule has 2 heterocycles. The molecule has 2 saturated heterocycles. The summed E-state index contributed by atoms with van der Waals surface area (Å²) in [7, 11) is 0. The van der Waals surface area contributed by atoms with Gasteiger partial charge in [0.15, 0.2) is 0 Å². The van der Waals surface area contributed by atoms with E-state index >= 15 is 0 Å². The summed E-state index contributed by atoms with van der Waals surface area (Å²) in [6, 6.07) is 0. The van der Waals surface area contributed by atoms with Gasteiger partial charge >= 0.3 is 0 Å². The van der Waals surface area contributed by atoms with E-state index in [1.54, 1.807) is 0 Å². The van der Waals surface area contributed by atoms with Gasteiger partial charge < -0.3 is 9.47 Å². The van der Waals surface area contributed by atoms with Gasteiger partial charge in [0.1, 0.15) is 0 Å². The smallest absolute Gasteiger partial charge is 0.0666 e. The molecule has 0 N–H and O–H groups in total. The molecule has 0 amide bonds. The van der Waals surface area contributed by atoms with Gasteiger partial charge in [-0.2, -0.15) is 11.8 Å². The predicted molar refractivity (Wildman–Crippen MR) is 55.3 cm³/mol. The first-order valence-corrected chi connectivity index (χ1v) is 6.15. The molecule has 13 heavy (non-hydrogen) atoms. The van der Waals surface area contributed by atoms with Crippen LogP contribution in [0, 0.1) is 0 Å². The number of hydrogen-bond donors (Lipinski definition) is 0. The van der Waals surface area contributed by atoms with Crippen LogP contribution >= 0.6 is 11.8 Å². The van der Waals surface area contributed by atoms with Crippen LogP contribution in [0.4, 0.5) is 0 Å². The third-order valence-electron chi connectivity index (χ3n) is 2.84. The largest absolute Gasteiger partial charge is 0.381 e. The third-order valence-corrected chi connectivity index (χ3v) is 4.67. The summed E-state index contributed by atoms with van der Waals surface area (Å²) >= 11 is 2.13. The molecule has 2 rings (SSSR count). The summed E-state index contributed by atoms with van der Waals surface area (Å²) in [4.78, 5) is 0. The maximum atomic E-state index is 5.55. The number of ether oxygens (including phenoxy) is 2. The molecule has 0 saturated carbocycles. The van der Waals surface area contributed by atoms with Crippen molar-refractivity contribution < 1.29 is 9.47 Å². The van der Waals surface area contributed by atoms with Gasteiger partial charge in [0.05, 0.1) is 6.10 Å². The SMILES string of the molecule is CC1OCCC1SC1CCOCC1. The average Bonchev–Trinajstić information content (AvgIpc) is 2.54. The zero-order chi connectivity index (χ0) is 9.10. The Morgan fingerprint density at radius 3 is 2.46 bits per heavy atom. The highest BCUT2D eigenvalue weighted by Crippen LogP contribution is 2.33. The van der Waals surface area contributed by atoms with Gasteiger partial charge in [0, 0.05) is 30.3 Å². The summed E-state index contributed by atoms with van der Waals surface area (Å²) in [5.41, 5.74) is 0. The van der Waals surface area contributed by atoms with Crippen LogP contribution in [0.5, 0.6) is 0 Å². The van der Waals surface area contributed by atoms with Gasteiger partial charge in [-0.15, -0.1) is 0 Å². The van der Waals surface area contributed by atoms with Crippen molar-refractivity contribution >= 4 is 11.8 Å². The molecule has 2 unspecified atom stereocenters. The van der Waals surface area contributed by atoms with Crippen molar-refractivity contribution in [1.29, 1.82) is 0 Å². The van der Waals surface area contributed by atoms with Crippen LogP contribution in [0.15, 0.2) is 0 Å². The maximum absolute atomic E-state index is 5.55. The van der Waals surface area contributed by atoms with E-state index in [1.165, 1.54) is 19.3 Å². The van der Waals surface area contributed by atoms with Crippen LogP contribution in [-0.2, 0) is 9.47 Å². The Morgan fingerprint density at radius 1 is 1.08 bits per heavy atom. The van der Waals surface area contributed by atoms with E-state index < -0.39 is 0 Å². The number of hydrogen-bond acceptors (Lipinski definition) is 3. The second kappa shape index (κ2) is 4.67. The molecular formula is C10H18O2S. The molecule has 0 aliphatic carbocycles. The quantitative estimate of drug-likeness (QED) is 0.683. The Kier molecular flexibility index (Phi) is 3.52. The van der Waals surface area contributed by atoms with Crippen molar-refractivity contribution in [2.24, 2.45) is 0 Å². The van der Waals surface area contributed by atoms with Gasteiger partial charge in [-0.25, -0.2) is 0 Å². The average molecular weight is 202 g/mol. The normalized spacial score (nSPS) is 36.7. The molecule has 0 aromatic carbocycles. The van der Waals surface area contributed by atoms with Gasteiger partial charge in [0.25, 0.3) is 0 Å². The standard InChI is InChI=1S/C10H18O2S/c1-8-10(4-7-12-8)13-9-2-5-11-6-3-9/h8-10H,2-7H2,1H3. The Bertz CT molecular complexity index is 157. The van der Waals surface area contributed by atoms with Crippen LogP contribution in [0.1, 0.15) is 26.2 Å². The van der Waals surface area contributed by atoms with E-state index in [2.05, 4.69) is 18.7 Å². The first kappa shape index (κ1) is 9.81. The predicted octanol–water partition coefficient (Wildman–Crippen LogP) is 2.08. The van der Waals surface area contributed by atoms with E-state index in [0.717, 1.165) is 30.3 Å². The molecule has 3 heteroatoms. The fourth-order valence-electron chi connectivity index (χ4n) is 1.95. The van der Waals surface area contributed by atoms with Gasteiger partial charge in [-0.05, 0) is 26.2 Å². The number of rotatable bonds is 2. The Balaban J connectivity index is 1.75. The molecule has 2 aliphatic heterocycles. The maximum Gasteiger partial charge on any atom is 0.0666 e. The molecule has 2 aliphatic rings. The van der Waals surface area contributed by atoms with Gasteiger partial charge in [0.2, 0.25) is 0 Å². The topological polar surface area (TPSA) is 18.5 Å². The second-order valence-electron chi connectivity index (χ2n) is 3.85. The molecule has 0 radical (unpaired) electrons. The van der Waals surface area contributed by atoms with E-state index in [-0.39, 0.29) is 0 Å². The molecule has 2 fully saturated rings. The number of thioether (sulfide) groups is 1. The fourth-order valence-corrected chi connectivity index (χ4v) is 3.44. The second-order valence-corrected chi connectivity index (χ2v) is 5.40. The van der Waals surface area contributed by atoms with Crippen LogP contribution < -0.4 is 0 Å². The molecule has 0 aromatic heterocycles. The van der Waals surface area contributed by atoms with Gasteiger partial charge in [-0.3, -0.25) is 0 Å². The summed E-state index contributed by atoms with van der Waals surface area (Å²) in [5.74, 6) is 0. The molecule has 2 nitrogen and oxygen atoms in total. The monoisotopic (exact) mass is 202 g/mol. The first-order chi connectivity index (χ1) is 6.36. The molecule has 0 spiro atoms. The van der Waals surface area contributed by atoms with Crippen molar-refractivity contribution in [3.8, 4) is 0 Å². The summed E-state index contributed by atoms with van der Waals surface area (Å²) in [6.07, 6.45) is 4.16. The van der Waals surface area contributed by atoms with E-state index in [4.69, 9.17) is 9.47 Å². The van der Waals surface area contributed by atoms with Crippen molar-refractivity contribution in [2.75, 3.05) is 19.8 Å². The van der Waals surface area contributed by atoms with Crippen molar-refractivity contribution in [3.63, 3.8) is 0 Å². The van der Waals surface area contributed by atoms with E-state index in [1.807, 2.05) is 0 Å². The summed E-state index contributed by atoms with van der Waals surface area (Å²) in [5, 5.41) is 1.56. The van der Waals surface area contributed by atoms with Crippen LogP contribution in [0.25, 0.3) is 0 Å². The van der Waals surface area contributed by atoms with Gasteiger partial charge in [-0.1, -0.05) is 0 Å². The minimum Gasteiger partial charge on any atom is -0.381 e. The first-order valence-electron chi connectivity index (χ1n) is 5.21. The highest BCUT2D eigenvalue weighted by atomic mass is 32.2.